The molecule has 4 heterocycles. The van der Waals surface area contributed by atoms with E-state index in [0.29, 0.717) is 12.1 Å². The van der Waals surface area contributed by atoms with E-state index in [-0.39, 0.29) is 23.2 Å². The maximum atomic E-state index is 13.6. The highest BCUT2D eigenvalue weighted by atomic mass is 32.1. The van der Waals surface area contributed by atoms with E-state index < -0.39 is 5.97 Å². The highest BCUT2D eigenvalue weighted by Crippen LogP contribution is 2.50. The van der Waals surface area contributed by atoms with Crippen LogP contribution in [-0.2, 0) is 4.79 Å². The fraction of sp³-hybridized carbons (Fsp3) is 0.192. The summed E-state index contributed by atoms with van der Waals surface area (Å²) in [5, 5.41) is 22.2. The van der Waals surface area contributed by atoms with Crippen LogP contribution in [0.2, 0.25) is 0 Å². The van der Waals surface area contributed by atoms with Crippen molar-refractivity contribution in [3.05, 3.63) is 97.1 Å². The van der Waals surface area contributed by atoms with E-state index in [1.165, 1.54) is 4.88 Å². The van der Waals surface area contributed by atoms with Gasteiger partial charge in [0.2, 0.25) is 0 Å². The number of anilines is 1. The van der Waals surface area contributed by atoms with Crippen molar-refractivity contribution in [1.29, 1.82) is 0 Å². The van der Waals surface area contributed by atoms with Gasteiger partial charge in [-0.15, -0.1) is 22.7 Å². The second-order valence-corrected chi connectivity index (χ2v) is 10.5. The van der Waals surface area contributed by atoms with E-state index in [4.69, 9.17) is 5.10 Å². The van der Waals surface area contributed by atoms with Crippen LogP contribution in [0.5, 0.6) is 0 Å². The fourth-order valence-corrected chi connectivity index (χ4v) is 6.83. The van der Waals surface area contributed by atoms with Crippen molar-refractivity contribution in [2.24, 2.45) is 0 Å². The third kappa shape index (κ3) is 3.25. The van der Waals surface area contributed by atoms with Crippen molar-refractivity contribution in [2.45, 2.75) is 31.6 Å². The first-order valence-electron chi connectivity index (χ1n) is 11.0. The van der Waals surface area contributed by atoms with Crippen molar-refractivity contribution in [3.63, 3.8) is 0 Å². The van der Waals surface area contributed by atoms with E-state index in [1.807, 2.05) is 35.9 Å². The lowest BCUT2D eigenvalue weighted by Crippen LogP contribution is -2.30. The van der Waals surface area contributed by atoms with Crippen LogP contribution in [0.4, 0.5) is 5.82 Å². The number of ketones is 1. The molecule has 0 spiro atoms. The summed E-state index contributed by atoms with van der Waals surface area (Å²) in [6.07, 6.45) is 1.22. The number of thiophene rings is 2. The summed E-state index contributed by atoms with van der Waals surface area (Å²) in [5.74, 6) is -0.187. The van der Waals surface area contributed by atoms with Crippen molar-refractivity contribution < 1.29 is 14.7 Å². The van der Waals surface area contributed by atoms with E-state index >= 15 is 0 Å². The molecule has 0 fully saturated rings. The number of fused-ring (bicyclic) bond motifs is 1. The van der Waals surface area contributed by atoms with Crippen LogP contribution in [0.3, 0.4) is 0 Å². The Hall–Kier alpha value is -3.49. The molecular weight excluding hydrogens is 466 g/mol. The van der Waals surface area contributed by atoms with Crippen LogP contribution in [0.1, 0.15) is 56.0 Å². The number of nitrogens with zero attached hydrogens (tertiary/aromatic N) is 2. The lowest BCUT2D eigenvalue weighted by atomic mass is 9.75. The fourth-order valence-electron chi connectivity index (χ4n) is 5.15. The molecule has 0 unspecified atom stereocenters. The largest absolute Gasteiger partial charge is 0.478 e. The number of rotatable bonds is 4. The molecule has 3 aromatic heterocycles. The van der Waals surface area contributed by atoms with Crippen molar-refractivity contribution in [2.75, 3.05) is 5.32 Å². The minimum absolute atomic E-state index is 0.132. The van der Waals surface area contributed by atoms with Gasteiger partial charge in [-0.25, -0.2) is 9.48 Å². The second-order valence-electron chi connectivity index (χ2n) is 8.59. The van der Waals surface area contributed by atoms with E-state index in [2.05, 4.69) is 17.4 Å². The maximum Gasteiger partial charge on any atom is 0.337 e. The van der Waals surface area contributed by atoms with Gasteiger partial charge >= 0.3 is 5.97 Å². The highest BCUT2D eigenvalue weighted by Gasteiger charge is 2.42. The average molecular weight is 488 g/mol. The number of nitrogens with one attached hydrogen (secondary N) is 1. The van der Waals surface area contributed by atoms with E-state index in [9.17, 15) is 14.7 Å². The van der Waals surface area contributed by atoms with Gasteiger partial charge in [0, 0.05) is 38.9 Å². The topological polar surface area (TPSA) is 84.2 Å². The molecule has 170 valence electrons. The molecule has 2 atom stereocenters. The number of para-hydroxylation sites is 1. The number of carboxylic acids is 1. The van der Waals surface area contributed by atoms with Crippen LogP contribution >= 0.6 is 22.7 Å². The van der Waals surface area contributed by atoms with Crippen LogP contribution in [0.15, 0.2) is 70.6 Å². The van der Waals surface area contributed by atoms with Gasteiger partial charge in [-0.3, -0.25) is 4.79 Å². The molecule has 0 saturated heterocycles. The Labute approximate surface area is 204 Å². The first-order valence-corrected chi connectivity index (χ1v) is 12.8. The average Bonchev–Trinajstić information content (AvgIpc) is 3.60. The Kier molecular flexibility index (Phi) is 5.00. The van der Waals surface area contributed by atoms with Gasteiger partial charge in [0.05, 0.1) is 22.9 Å². The van der Waals surface area contributed by atoms with Gasteiger partial charge < -0.3 is 10.4 Å². The third-order valence-electron chi connectivity index (χ3n) is 6.60. The molecule has 0 amide bonds. The number of carboxylic acid groups (broad SMARTS) is 1. The van der Waals surface area contributed by atoms with Crippen molar-refractivity contribution in [1.82, 2.24) is 9.78 Å². The second kappa shape index (κ2) is 8.07. The number of Topliss-reactive ketones (excluding diaryl/α,β-unsaturated/α-hetero) is 1. The quantitative estimate of drug-likeness (QED) is 0.371. The molecule has 1 aliphatic heterocycles. The van der Waals surface area contributed by atoms with Gasteiger partial charge in [0.25, 0.3) is 0 Å². The zero-order chi connectivity index (χ0) is 23.4. The first-order chi connectivity index (χ1) is 16.5. The van der Waals surface area contributed by atoms with Crippen LogP contribution in [0, 0.1) is 6.92 Å². The molecule has 4 aromatic rings. The van der Waals surface area contributed by atoms with Gasteiger partial charge in [-0.1, -0.05) is 24.3 Å². The van der Waals surface area contributed by atoms with Crippen LogP contribution in [-0.4, -0.2) is 26.6 Å². The summed E-state index contributed by atoms with van der Waals surface area (Å²) in [7, 11) is 0. The summed E-state index contributed by atoms with van der Waals surface area (Å²) in [4.78, 5) is 27.8. The Morgan fingerprint density at radius 1 is 1.06 bits per heavy atom. The van der Waals surface area contributed by atoms with Crippen LogP contribution in [0.25, 0.3) is 5.69 Å². The molecule has 8 heteroatoms. The van der Waals surface area contributed by atoms with Crippen molar-refractivity contribution in [3.8, 4) is 5.69 Å². The number of allylic oxidation sites excluding steroid dienone is 2. The summed E-state index contributed by atoms with van der Waals surface area (Å²) < 4.78 is 1.69. The van der Waals surface area contributed by atoms with Crippen LogP contribution < -0.4 is 5.32 Å². The molecule has 0 radical (unpaired) electrons. The number of aryl methyl sites for hydroxylation is 1. The standard InChI is InChI=1S/C26H21N3O3S2/c1-14-22-24(21-9-5-11-34-21)23-17(12-15(13-19(23)30)20-8-4-10-33-20)27-25(22)29(28-14)18-7-3-2-6-16(18)26(31)32/h2-11,15,24,27H,12-13H2,1H3,(H,31,32)/t15-,24-/m0/s1. The lowest BCUT2D eigenvalue weighted by molar-refractivity contribution is -0.116. The monoisotopic (exact) mass is 487 g/mol. The molecule has 1 aliphatic carbocycles. The number of hydrogen-bond donors (Lipinski definition) is 2. The van der Waals surface area contributed by atoms with E-state index in [1.54, 1.807) is 45.6 Å². The molecule has 2 N–H and O–H groups in total. The van der Waals surface area contributed by atoms with Gasteiger partial charge in [-0.2, -0.15) is 5.10 Å². The Morgan fingerprint density at radius 3 is 2.50 bits per heavy atom. The van der Waals surface area contributed by atoms with E-state index in [0.717, 1.165) is 39.6 Å². The Morgan fingerprint density at radius 2 is 1.79 bits per heavy atom. The zero-order valence-corrected chi connectivity index (χ0v) is 20.0. The number of carbonyl (C=O) groups excluding carboxylic acids is 1. The number of carbonyl (C=O) groups is 2. The van der Waals surface area contributed by atoms with Gasteiger partial charge in [0.15, 0.2) is 5.78 Å². The smallest absolute Gasteiger partial charge is 0.337 e. The van der Waals surface area contributed by atoms with Gasteiger partial charge in [0.1, 0.15) is 5.82 Å². The summed E-state index contributed by atoms with van der Waals surface area (Å²) in [6.45, 7) is 1.92. The highest BCUT2D eigenvalue weighted by molar-refractivity contribution is 7.10. The molecule has 2 aliphatic rings. The molecule has 6 rings (SSSR count). The molecule has 6 nitrogen and oxygen atoms in total. The number of benzene rings is 1. The molecule has 0 bridgehead atoms. The number of aromatic carboxylic acids is 1. The zero-order valence-electron chi connectivity index (χ0n) is 18.3. The predicted molar refractivity (Wildman–Crippen MR) is 133 cm³/mol. The third-order valence-corrected chi connectivity index (χ3v) is 8.57. The Balaban J connectivity index is 1.55. The first kappa shape index (κ1) is 21.1. The minimum atomic E-state index is -1.01. The SMILES string of the molecule is Cc1nn(-c2ccccc2C(=O)O)c2c1[C@H](c1cccs1)C1=C(C[C@H](c3cccs3)CC1=O)N2. The predicted octanol–water partition coefficient (Wildman–Crippen LogP) is 5.96. The molecule has 34 heavy (non-hydrogen) atoms. The van der Waals surface area contributed by atoms with Gasteiger partial charge in [-0.05, 0) is 48.4 Å². The summed E-state index contributed by atoms with van der Waals surface area (Å²) in [6, 6.07) is 15.1. The molecule has 0 saturated carbocycles. The maximum absolute atomic E-state index is 13.6. The number of aromatic nitrogens is 2. The Bertz CT molecular complexity index is 1450. The summed E-state index contributed by atoms with van der Waals surface area (Å²) >= 11 is 3.31. The van der Waals surface area contributed by atoms with Crippen molar-refractivity contribution >= 4 is 40.2 Å². The number of hydrogen-bond acceptors (Lipinski definition) is 6. The normalized spacial score (nSPS) is 19.5. The summed E-state index contributed by atoms with van der Waals surface area (Å²) in [5.41, 5.74) is 4.12. The minimum Gasteiger partial charge on any atom is -0.478 e. The molecular formula is C26H21N3O3S2. The molecule has 1 aromatic carbocycles. The lowest BCUT2D eigenvalue weighted by Gasteiger charge is -2.35.